The summed E-state index contributed by atoms with van der Waals surface area (Å²) in [5.41, 5.74) is 1.25. The summed E-state index contributed by atoms with van der Waals surface area (Å²) in [6.07, 6.45) is 1.63. The lowest BCUT2D eigenvalue weighted by atomic mass is 10.2. The largest absolute Gasteiger partial charge is 0.307 e. The molecule has 1 amide bonds. The molecule has 0 aliphatic carbocycles. The molecule has 1 aromatic heterocycles. The van der Waals surface area contributed by atoms with Gasteiger partial charge in [0.15, 0.2) is 0 Å². The second-order valence-corrected chi connectivity index (χ2v) is 4.41. The predicted octanol–water partition coefficient (Wildman–Crippen LogP) is 3.28. The van der Waals surface area contributed by atoms with E-state index < -0.39 is 0 Å². The van der Waals surface area contributed by atoms with Crippen LogP contribution in [0.2, 0.25) is 10.0 Å². The quantitative estimate of drug-likeness (QED) is 0.879. The van der Waals surface area contributed by atoms with Crippen LogP contribution in [0, 0.1) is 6.92 Å². The number of aromatic amines is 1. The zero-order valence-electron chi connectivity index (χ0n) is 8.92. The Morgan fingerprint density at radius 1 is 1.29 bits per heavy atom. The van der Waals surface area contributed by atoms with Crippen LogP contribution in [-0.4, -0.2) is 16.1 Å². The van der Waals surface area contributed by atoms with E-state index in [0.717, 1.165) is 5.56 Å². The standard InChI is InChI=1S/C11H9Cl2N3O/c1-6-5-14-16-10(6)15-11(17)7-2-8(12)4-9(13)3-7/h2-5H,1H3,(H2,14,15,16,17). The molecule has 0 radical (unpaired) electrons. The van der Waals surface area contributed by atoms with Crippen LogP contribution in [-0.2, 0) is 0 Å². The topological polar surface area (TPSA) is 57.8 Å². The van der Waals surface area contributed by atoms with Gasteiger partial charge in [0.05, 0.1) is 6.20 Å². The van der Waals surface area contributed by atoms with E-state index in [4.69, 9.17) is 23.2 Å². The summed E-state index contributed by atoms with van der Waals surface area (Å²) < 4.78 is 0. The van der Waals surface area contributed by atoms with Gasteiger partial charge in [-0.2, -0.15) is 5.10 Å². The number of aromatic nitrogens is 2. The number of hydrogen-bond acceptors (Lipinski definition) is 2. The van der Waals surface area contributed by atoms with Crippen LogP contribution in [0.15, 0.2) is 24.4 Å². The number of hydrogen-bond donors (Lipinski definition) is 2. The lowest BCUT2D eigenvalue weighted by Crippen LogP contribution is -2.12. The van der Waals surface area contributed by atoms with Gasteiger partial charge in [-0.05, 0) is 25.1 Å². The minimum atomic E-state index is -0.290. The number of carbonyl (C=O) groups excluding carboxylic acids is 1. The average Bonchev–Trinajstić information content (AvgIpc) is 2.63. The van der Waals surface area contributed by atoms with Crippen LogP contribution >= 0.6 is 23.2 Å². The Balaban J connectivity index is 2.23. The van der Waals surface area contributed by atoms with Crippen molar-refractivity contribution in [1.82, 2.24) is 10.2 Å². The fraction of sp³-hybridized carbons (Fsp3) is 0.0909. The van der Waals surface area contributed by atoms with Gasteiger partial charge in [0.2, 0.25) is 0 Å². The van der Waals surface area contributed by atoms with Crippen molar-refractivity contribution in [2.75, 3.05) is 5.32 Å². The van der Waals surface area contributed by atoms with Crippen LogP contribution in [0.25, 0.3) is 0 Å². The maximum Gasteiger partial charge on any atom is 0.256 e. The third kappa shape index (κ3) is 2.78. The van der Waals surface area contributed by atoms with Crippen molar-refractivity contribution in [2.24, 2.45) is 0 Å². The van der Waals surface area contributed by atoms with E-state index in [9.17, 15) is 4.79 Å². The molecule has 0 unspecified atom stereocenters. The number of rotatable bonds is 2. The van der Waals surface area contributed by atoms with Crippen LogP contribution in [0.5, 0.6) is 0 Å². The van der Waals surface area contributed by atoms with Gasteiger partial charge in [-0.25, -0.2) is 0 Å². The number of aryl methyl sites for hydroxylation is 1. The molecule has 1 aromatic carbocycles. The number of nitrogens with zero attached hydrogens (tertiary/aromatic N) is 1. The average molecular weight is 270 g/mol. The molecule has 0 aliphatic heterocycles. The molecule has 0 spiro atoms. The number of benzene rings is 1. The summed E-state index contributed by atoms with van der Waals surface area (Å²) in [5.74, 6) is 0.271. The van der Waals surface area contributed by atoms with Crippen molar-refractivity contribution >= 4 is 34.9 Å². The molecule has 0 fully saturated rings. The van der Waals surface area contributed by atoms with Crippen LogP contribution in [0.4, 0.5) is 5.82 Å². The van der Waals surface area contributed by atoms with Crippen LogP contribution in [0.1, 0.15) is 15.9 Å². The molecule has 0 aliphatic rings. The number of H-pyrrole nitrogens is 1. The van der Waals surface area contributed by atoms with Crippen molar-refractivity contribution in [1.29, 1.82) is 0 Å². The fourth-order valence-electron chi connectivity index (χ4n) is 1.34. The van der Waals surface area contributed by atoms with Crippen molar-refractivity contribution in [3.05, 3.63) is 45.6 Å². The van der Waals surface area contributed by atoms with Crippen LogP contribution < -0.4 is 5.32 Å². The van der Waals surface area contributed by atoms with Gasteiger partial charge in [-0.1, -0.05) is 23.2 Å². The Hall–Kier alpha value is -1.52. The first kappa shape index (κ1) is 12.0. The molecular formula is C11H9Cl2N3O. The van der Waals surface area contributed by atoms with Gasteiger partial charge in [0.1, 0.15) is 5.82 Å². The molecule has 0 bridgehead atoms. The zero-order valence-corrected chi connectivity index (χ0v) is 10.4. The lowest BCUT2D eigenvalue weighted by molar-refractivity contribution is 0.102. The van der Waals surface area contributed by atoms with Crippen molar-refractivity contribution in [2.45, 2.75) is 6.92 Å². The van der Waals surface area contributed by atoms with Gasteiger partial charge in [-0.15, -0.1) is 0 Å². The molecular weight excluding hydrogens is 261 g/mol. The van der Waals surface area contributed by atoms with E-state index >= 15 is 0 Å². The van der Waals surface area contributed by atoms with E-state index in [1.807, 2.05) is 6.92 Å². The molecule has 2 N–H and O–H groups in total. The fourth-order valence-corrected chi connectivity index (χ4v) is 1.87. The van der Waals surface area contributed by atoms with Gasteiger partial charge in [0, 0.05) is 21.2 Å². The Morgan fingerprint density at radius 3 is 2.47 bits per heavy atom. The minimum Gasteiger partial charge on any atom is -0.307 e. The molecule has 0 saturated carbocycles. The highest BCUT2D eigenvalue weighted by Crippen LogP contribution is 2.20. The third-order valence-electron chi connectivity index (χ3n) is 2.19. The highest BCUT2D eigenvalue weighted by molar-refractivity contribution is 6.35. The van der Waals surface area contributed by atoms with Gasteiger partial charge >= 0.3 is 0 Å². The SMILES string of the molecule is Cc1cn[nH]c1NC(=O)c1cc(Cl)cc(Cl)c1. The summed E-state index contributed by atoms with van der Waals surface area (Å²) >= 11 is 11.6. The molecule has 0 atom stereocenters. The van der Waals surface area contributed by atoms with E-state index in [0.29, 0.717) is 21.4 Å². The first-order valence-corrected chi connectivity index (χ1v) is 5.59. The highest BCUT2D eigenvalue weighted by atomic mass is 35.5. The second-order valence-electron chi connectivity index (χ2n) is 3.54. The number of halogens is 2. The van der Waals surface area contributed by atoms with Crippen molar-refractivity contribution in [3.63, 3.8) is 0 Å². The Bertz CT molecular complexity index is 545. The molecule has 88 valence electrons. The molecule has 4 nitrogen and oxygen atoms in total. The molecule has 1 heterocycles. The molecule has 2 aromatic rings. The number of anilines is 1. The first-order chi connectivity index (χ1) is 8.06. The Kier molecular flexibility index (Phi) is 3.36. The Labute approximate surface area is 108 Å². The van der Waals surface area contributed by atoms with E-state index in [1.165, 1.54) is 0 Å². The second kappa shape index (κ2) is 4.77. The predicted molar refractivity (Wildman–Crippen MR) is 67.7 cm³/mol. The number of nitrogens with one attached hydrogen (secondary N) is 2. The molecule has 2 rings (SSSR count). The number of carbonyl (C=O) groups is 1. The van der Waals surface area contributed by atoms with Gasteiger partial charge < -0.3 is 5.32 Å². The van der Waals surface area contributed by atoms with E-state index in [2.05, 4.69) is 15.5 Å². The summed E-state index contributed by atoms with van der Waals surface area (Å²) in [6, 6.07) is 4.67. The maximum atomic E-state index is 11.9. The number of amides is 1. The zero-order chi connectivity index (χ0) is 12.4. The maximum absolute atomic E-state index is 11.9. The summed E-state index contributed by atoms with van der Waals surface area (Å²) in [6.45, 7) is 1.84. The molecule has 6 heteroatoms. The molecule has 0 saturated heterocycles. The summed E-state index contributed by atoms with van der Waals surface area (Å²) in [7, 11) is 0. The van der Waals surface area contributed by atoms with E-state index in [-0.39, 0.29) is 5.91 Å². The summed E-state index contributed by atoms with van der Waals surface area (Å²) in [5, 5.41) is 10.0. The molecule has 17 heavy (non-hydrogen) atoms. The Morgan fingerprint density at radius 2 is 1.94 bits per heavy atom. The third-order valence-corrected chi connectivity index (χ3v) is 2.63. The highest BCUT2D eigenvalue weighted by Gasteiger charge is 2.10. The van der Waals surface area contributed by atoms with Gasteiger partial charge in [-0.3, -0.25) is 9.89 Å². The lowest BCUT2D eigenvalue weighted by Gasteiger charge is -2.04. The van der Waals surface area contributed by atoms with E-state index in [1.54, 1.807) is 24.4 Å². The minimum absolute atomic E-state index is 0.290. The van der Waals surface area contributed by atoms with Crippen molar-refractivity contribution < 1.29 is 4.79 Å². The van der Waals surface area contributed by atoms with Crippen molar-refractivity contribution in [3.8, 4) is 0 Å². The van der Waals surface area contributed by atoms with Crippen LogP contribution in [0.3, 0.4) is 0 Å². The normalized spacial score (nSPS) is 10.3. The van der Waals surface area contributed by atoms with Gasteiger partial charge in [0.25, 0.3) is 5.91 Å². The first-order valence-electron chi connectivity index (χ1n) is 4.83. The monoisotopic (exact) mass is 269 g/mol. The summed E-state index contributed by atoms with van der Waals surface area (Å²) in [4.78, 5) is 11.9. The smallest absolute Gasteiger partial charge is 0.256 e.